The van der Waals surface area contributed by atoms with Gasteiger partial charge in [-0.15, -0.1) is 0 Å². The lowest BCUT2D eigenvalue weighted by Gasteiger charge is -2.35. The smallest absolute Gasteiger partial charge is 0.231 e. The van der Waals surface area contributed by atoms with E-state index in [0.717, 1.165) is 52.6 Å². The van der Waals surface area contributed by atoms with Crippen LogP contribution in [0, 0.1) is 11.3 Å². The second-order valence-electron chi connectivity index (χ2n) is 8.05. The molecule has 0 saturated carbocycles. The van der Waals surface area contributed by atoms with Gasteiger partial charge >= 0.3 is 0 Å². The van der Waals surface area contributed by atoms with Gasteiger partial charge in [0.2, 0.25) is 6.79 Å². The van der Waals surface area contributed by atoms with E-state index in [-0.39, 0.29) is 12.7 Å². The molecule has 3 aromatic rings. The first kappa shape index (κ1) is 20.2. The van der Waals surface area contributed by atoms with Crippen molar-refractivity contribution in [1.82, 2.24) is 4.90 Å². The quantitative estimate of drug-likeness (QED) is 0.577. The van der Waals surface area contributed by atoms with Crippen LogP contribution in [0.4, 0.5) is 0 Å². The van der Waals surface area contributed by atoms with Gasteiger partial charge in [-0.3, -0.25) is 4.90 Å². The van der Waals surface area contributed by atoms with Gasteiger partial charge < -0.3 is 14.2 Å². The number of nitriles is 1. The minimum absolute atomic E-state index is 0.0243. The Hall–Kier alpha value is -3.75. The highest BCUT2D eigenvalue weighted by atomic mass is 16.7. The van der Waals surface area contributed by atoms with Crippen molar-refractivity contribution < 1.29 is 14.2 Å². The minimum atomic E-state index is -0.0243. The van der Waals surface area contributed by atoms with Crippen LogP contribution in [0.3, 0.4) is 0 Å². The first-order valence-electron chi connectivity index (χ1n) is 10.7. The van der Waals surface area contributed by atoms with Crippen LogP contribution in [0.2, 0.25) is 0 Å². The summed E-state index contributed by atoms with van der Waals surface area (Å²) in [6, 6.07) is 27.0. The Labute approximate surface area is 188 Å². The molecule has 0 amide bonds. The van der Waals surface area contributed by atoms with Crippen molar-refractivity contribution in [2.24, 2.45) is 0 Å². The molecule has 3 aromatic carbocycles. The van der Waals surface area contributed by atoms with Crippen molar-refractivity contribution in [3.05, 3.63) is 95.1 Å². The number of methoxy groups -OCH3 is 1. The first-order chi connectivity index (χ1) is 15.7. The average molecular weight is 425 g/mol. The van der Waals surface area contributed by atoms with E-state index in [4.69, 9.17) is 14.2 Å². The summed E-state index contributed by atoms with van der Waals surface area (Å²) in [5, 5.41) is 10.2. The molecule has 2 aliphatic heterocycles. The third kappa shape index (κ3) is 3.93. The van der Waals surface area contributed by atoms with Gasteiger partial charge in [0.15, 0.2) is 11.5 Å². The number of hydrogen-bond acceptors (Lipinski definition) is 5. The van der Waals surface area contributed by atoms with Crippen molar-refractivity contribution >= 4 is 5.57 Å². The SMILES string of the molecule is COc1ccc(C2CN(Cc3ccccc3)CC(c3ccc4c(c3)OCO4)=C2C#N)cc1. The van der Waals surface area contributed by atoms with Crippen molar-refractivity contribution in [3.63, 3.8) is 0 Å². The molecule has 5 nitrogen and oxygen atoms in total. The lowest BCUT2D eigenvalue weighted by molar-refractivity contribution is 0.174. The van der Waals surface area contributed by atoms with E-state index in [1.165, 1.54) is 5.56 Å². The lowest BCUT2D eigenvalue weighted by Crippen LogP contribution is -2.35. The van der Waals surface area contributed by atoms with Gasteiger partial charge in [0.1, 0.15) is 5.75 Å². The van der Waals surface area contributed by atoms with Gasteiger partial charge in [-0.05, 0) is 46.5 Å². The Morgan fingerprint density at radius 3 is 2.53 bits per heavy atom. The Kier molecular flexibility index (Phi) is 5.53. The molecule has 160 valence electrons. The number of benzene rings is 3. The summed E-state index contributed by atoms with van der Waals surface area (Å²) in [5.41, 5.74) is 5.21. The summed E-state index contributed by atoms with van der Waals surface area (Å²) < 4.78 is 16.4. The largest absolute Gasteiger partial charge is 0.497 e. The Bertz CT molecular complexity index is 1180. The van der Waals surface area contributed by atoms with Crippen LogP contribution in [-0.4, -0.2) is 31.9 Å². The molecule has 0 N–H and O–H groups in total. The van der Waals surface area contributed by atoms with Crippen molar-refractivity contribution in [2.75, 3.05) is 27.0 Å². The molecule has 0 aliphatic carbocycles. The molecule has 0 fully saturated rings. The van der Waals surface area contributed by atoms with Gasteiger partial charge in [0.05, 0.1) is 13.2 Å². The summed E-state index contributed by atoms with van der Waals surface area (Å²) >= 11 is 0. The van der Waals surface area contributed by atoms with Gasteiger partial charge in [-0.1, -0.05) is 48.5 Å². The van der Waals surface area contributed by atoms with Crippen LogP contribution in [-0.2, 0) is 6.54 Å². The molecular weight excluding hydrogens is 400 g/mol. The normalized spacial score (nSPS) is 17.8. The maximum atomic E-state index is 10.2. The van der Waals surface area contributed by atoms with Crippen LogP contribution in [0.1, 0.15) is 22.6 Å². The summed E-state index contributed by atoms with van der Waals surface area (Å²) in [7, 11) is 1.66. The fourth-order valence-electron chi connectivity index (χ4n) is 4.48. The molecule has 1 atom stereocenters. The van der Waals surface area contributed by atoms with Crippen molar-refractivity contribution in [3.8, 4) is 23.3 Å². The Balaban J connectivity index is 1.56. The molecule has 0 saturated heterocycles. The maximum Gasteiger partial charge on any atom is 0.231 e. The zero-order valence-corrected chi connectivity index (χ0v) is 18.0. The standard InChI is InChI=1S/C27H24N2O3/c1-30-22-10-7-20(8-11-22)24-16-29(15-19-5-3-2-4-6-19)17-25(23(24)14-28)21-9-12-26-27(13-21)32-18-31-26/h2-13,24H,15-18H2,1H3. The average Bonchev–Trinajstić information content (AvgIpc) is 3.32. The molecule has 1 unspecified atom stereocenters. The van der Waals surface area contributed by atoms with E-state index >= 15 is 0 Å². The minimum Gasteiger partial charge on any atom is -0.497 e. The monoisotopic (exact) mass is 424 g/mol. The number of nitrogens with zero attached hydrogens (tertiary/aromatic N) is 2. The maximum absolute atomic E-state index is 10.2. The van der Waals surface area contributed by atoms with Crippen LogP contribution in [0.25, 0.3) is 5.57 Å². The zero-order chi connectivity index (χ0) is 21.9. The van der Waals surface area contributed by atoms with Crippen LogP contribution >= 0.6 is 0 Å². The van der Waals surface area contributed by atoms with Crippen LogP contribution in [0.15, 0.2) is 78.4 Å². The fraction of sp³-hybridized carbons (Fsp3) is 0.222. The molecule has 0 radical (unpaired) electrons. The van der Waals surface area contributed by atoms with E-state index < -0.39 is 0 Å². The van der Waals surface area contributed by atoms with Gasteiger partial charge in [0.25, 0.3) is 0 Å². The Morgan fingerprint density at radius 1 is 1.00 bits per heavy atom. The Morgan fingerprint density at radius 2 is 1.78 bits per heavy atom. The summed E-state index contributed by atoms with van der Waals surface area (Å²) in [6.45, 7) is 2.53. The summed E-state index contributed by atoms with van der Waals surface area (Å²) in [6.07, 6.45) is 0. The van der Waals surface area contributed by atoms with Crippen LogP contribution in [0.5, 0.6) is 17.2 Å². The van der Waals surface area contributed by atoms with Crippen LogP contribution < -0.4 is 14.2 Å². The third-order valence-corrected chi connectivity index (χ3v) is 6.10. The molecule has 2 aliphatic rings. The third-order valence-electron chi connectivity index (χ3n) is 6.10. The lowest BCUT2D eigenvalue weighted by atomic mass is 9.82. The number of fused-ring (bicyclic) bond motifs is 1. The predicted molar refractivity (Wildman–Crippen MR) is 123 cm³/mol. The molecule has 32 heavy (non-hydrogen) atoms. The number of hydrogen-bond donors (Lipinski definition) is 0. The van der Waals surface area contributed by atoms with Gasteiger partial charge in [0, 0.05) is 31.1 Å². The van der Waals surface area contributed by atoms with E-state index in [1.807, 2.05) is 36.4 Å². The van der Waals surface area contributed by atoms with E-state index in [2.05, 4.69) is 47.4 Å². The van der Waals surface area contributed by atoms with Gasteiger partial charge in [-0.25, -0.2) is 0 Å². The van der Waals surface area contributed by atoms with E-state index in [9.17, 15) is 5.26 Å². The second kappa shape index (κ2) is 8.78. The van der Waals surface area contributed by atoms with Crippen molar-refractivity contribution in [2.45, 2.75) is 12.5 Å². The summed E-state index contributed by atoms with van der Waals surface area (Å²) in [5.74, 6) is 2.26. The number of rotatable bonds is 5. The molecule has 0 bridgehead atoms. The van der Waals surface area contributed by atoms with E-state index in [1.54, 1.807) is 7.11 Å². The van der Waals surface area contributed by atoms with Crippen molar-refractivity contribution in [1.29, 1.82) is 5.26 Å². The zero-order valence-electron chi connectivity index (χ0n) is 18.0. The highest BCUT2D eigenvalue weighted by molar-refractivity contribution is 5.77. The molecule has 5 heteroatoms. The first-order valence-corrected chi connectivity index (χ1v) is 10.7. The topological polar surface area (TPSA) is 54.7 Å². The second-order valence-corrected chi connectivity index (χ2v) is 8.05. The van der Waals surface area contributed by atoms with E-state index in [0.29, 0.717) is 6.54 Å². The highest BCUT2D eigenvalue weighted by Gasteiger charge is 2.30. The molecule has 0 aromatic heterocycles. The highest BCUT2D eigenvalue weighted by Crippen LogP contribution is 2.40. The molecule has 0 spiro atoms. The molecule has 2 heterocycles. The molecular formula is C27H24N2O3. The predicted octanol–water partition coefficient (Wildman–Crippen LogP) is 5.00. The fourth-order valence-corrected chi connectivity index (χ4v) is 4.48. The summed E-state index contributed by atoms with van der Waals surface area (Å²) in [4.78, 5) is 2.41. The van der Waals surface area contributed by atoms with Gasteiger partial charge in [-0.2, -0.15) is 5.26 Å². The number of ether oxygens (including phenoxy) is 3. The molecule has 5 rings (SSSR count).